The molecule has 0 N–H and O–H groups in total. The molecule has 0 spiro atoms. The fourth-order valence-electron chi connectivity index (χ4n) is 1.96. The van der Waals surface area contributed by atoms with Crippen molar-refractivity contribution in [1.29, 1.82) is 0 Å². The van der Waals surface area contributed by atoms with E-state index in [1.165, 1.54) is 31.0 Å². The normalized spacial score (nSPS) is 10.5. The summed E-state index contributed by atoms with van der Waals surface area (Å²) in [6.45, 7) is 3.96. The van der Waals surface area contributed by atoms with Crippen LogP contribution in [0.3, 0.4) is 0 Å². The number of hydrogen-bond acceptors (Lipinski definition) is 4. The Morgan fingerprint density at radius 1 is 1.29 bits per heavy atom. The number of aryl methyl sites for hydroxylation is 2. The van der Waals surface area contributed by atoms with Crippen LogP contribution in [-0.2, 0) is 10.5 Å². The predicted octanol–water partition coefficient (Wildman–Crippen LogP) is 3.92. The van der Waals surface area contributed by atoms with E-state index in [0.29, 0.717) is 5.75 Å². The van der Waals surface area contributed by atoms with Gasteiger partial charge in [0, 0.05) is 11.4 Å². The second-order valence-corrected chi connectivity index (χ2v) is 5.71. The van der Waals surface area contributed by atoms with Gasteiger partial charge in [-0.15, -0.1) is 11.8 Å². The third-order valence-corrected chi connectivity index (χ3v) is 3.88. The molecule has 0 radical (unpaired) electrons. The number of ether oxygens (including phenoxy) is 1. The van der Waals surface area contributed by atoms with Crippen molar-refractivity contribution in [3.8, 4) is 0 Å². The van der Waals surface area contributed by atoms with Crippen molar-refractivity contribution in [3.05, 3.63) is 58.5 Å². The van der Waals surface area contributed by atoms with Crippen LogP contribution in [0.4, 0.5) is 4.39 Å². The van der Waals surface area contributed by atoms with Crippen molar-refractivity contribution in [2.45, 2.75) is 24.6 Å². The highest BCUT2D eigenvalue weighted by Gasteiger charge is 2.12. The maximum Gasteiger partial charge on any atom is 0.340 e. The minimum atomic E-state index is -0.664. The second-order valence-electron chi connectivity index (χ2n) is 4.72. The molecule has 2 rings (SSSR count). The number of hydrogen-bond donors (Lipinski definition) is 0. The molecule has 2 aromatic rings. The molecule has 0 aliphatic heterocycles. The van der Waals surface area contributed by atoms with Crippen LogP contribution in [0.2, 0.25) is 0 Å². The quantitative estimate of drug-likeness (QED) is 0.634. The lowest BCUT2D eigenvalue weighted by Crippen LogP contribution is -2.04. The Bertz CT molecular complexity index is 653. The van der Waals surface area contributed by atoms with Crippen LogP contribution in [0.25, 0.3) is 0 Å². The lowest BCUT2D eigenvalue weighted by molar-refractivity contribution is 0.0595. The summed E-state index contributed by atoms with van der Waals surface area (Å²) in [6.07, 6.45) is 0. The number of aromatic nitrogens is 1. The van der Waals surface area contributed by atoms with Crippen LogP contribution < -0.4 is 0 Å². The number of methoxy groups -OCH3 is 1. The highest BCUT2D eigenvalue weighted by molar-refractivity contribution is 7.98. The number of carbonyl (C=O) groups is 1. The van der Waals surface area contributed by atoms with Crippen LogP contribution in [0.5, 0.6) is 0 Å². The van der Waals surface area contributed by atoms with Crippen LogP contribution in [0.15, 0.2) is 35.4 Å². The second kappa shape index (κ2) is 6.72. The van der Waals surface area contributed by atoms with E-state index >= 15 is 0 Å². The van der Waals surface area contributed by atoms with E-state index in [1.54, 1.807) is 6.07 Å². The van der Waals surface area contributed by atoms with E-state index in [1.807, 2.05) is 26.0 Å². The molecule has 0 unspecified atom stereocenters. The maximum atomic E-state index is 13.8. The van der Waals surface area contributed by atoms with Crippen molar-refractivity contribution in [3.63, 3.8) is 0 Å². The Hall–Kier alpha value is -1.88. The van der Waals surface area contributed by atoms with Gasteiger partial charge >= 0.3 is 5.97 Å². The van der Waals surface area contributed by atoms with E-state index in [0.717, 1.165) is 21.8 Å². The molecule has 0 aliphatic rings. The summed E-state index contributed by atoms with van der Waals surface area (Å²) in [7, 11) is 1.23. The number of thioether (sulfide) groups is 1. The van der Waals surface area contributed by atoms with Gasteiger partial charge in [-0.25, -0.2) is 14.2 Å². The van der Waals surface area contributed by atoms with Gasteiger partial charge in [-0.05, 0) is 49.2 Å². The fourth-order valence-corrected chi connectivity index (χ4v) is 2.93. The topological polar surface area (TPSA) is 39.2 Å². The van der Waals surface area contributed by atoms with Gasteiger partial charge in [0.2, 0.25) is 0 Å². The summed E-state index contributed by atoms with van der Waals surface area (Å²) in [5, 5.41) is 0.907. The minimum Gasteiger partial charge on any atom is -0.465 e. The van der Waals surface area contributed by atoms with E-state index in [2.05, 4.69) is 9.72 Å². The molecule has 0 fully saturated rings. The van der Waals surface area contributed by atoms with Gasteiger partial charge in [0.25, 0.3) is 0 Å². The Balaban J connectivity index is 2.10. The van der Waals surface area contributed by atoms with Crippen molar-refractivity contribution in [2.24, 2.45) is 0 Å². The van der Waals surface area contributed by atoms with Gasteiger partial charge in [0.05, 0.1) is 17.7 Å². The molecule has 0 saturated heterocycles. The third kappa shape index (κ3) is 4.04. The van der Waals surface area contributed by atoms with E-state index < -0.39 is 11.8 Å². The maximum absolute atomic E-state index is 13.8. The van der Waals surface area contributed by atoms with Crippen molar-refractivity contribution in [2.75, 3.05) is 7.11 Å². The van der Waals surface area contributed by atoms with Crippen molar-refractivity contribution < 1.29 is 13.9 Å². The molecule has 1 aromatic heterocycles. The first-order valence-corrected chi connectivity index (χ1v) is 7.43. The molecule has 0 saturated carbocycles. The average Bonchev–Trinajstić information content (AvgIpc) is 2.43. The highest BCUT2D eigenvalue weighted by atomic mass is 32.2. The van der Waals surface area contributed by atoms with Crippen molar-refractivity contribution in [1.82, 2.24) is 4.98 Å². The van der Waals surface area contributed by atoms with E-state index in [-0.39, 0.29) is 5.56 Å². The van der Waals surface area contributed by atoms with Gasteiger partial charge in [0.15, 0.2) is 0 Å². The number of nitrogens with zero attached hydrogens (tertiary/aromatic N) is 1. The zero-order chi connectivity index (χ0) is 15.4. The molecule has 3 nitrogen and oxygen atoms in total. The van der Waals surface area contributed by atoms with Gasteiger partial charge in [-0.2, -0.15) is 0 Å². The monoisotopic (exact) mass is 305 g/mol. The Labute approximate surface area is 127 Å². The van der Waals surface area contributed by atoms with Crippen LogP contribution >= 0.6 is 11.8 Å². The first kappa shape index (κ1) is 15.5. The molecule has 0 bridgehead atoms. The van der Waals surface area contributed by atoms with Crippen LogP contribution in [0.1, 0.15) is 27.2 Å². The lowest BCUT2D eigenvalue weighted by atomic mass is 10.1. The van der Waals surface area contributed by atoms with Crippen LogP contribution in [0, 0.1) is 19.7 Å². The number of esters is 1. The molecule has 110 valence electrons. The van der Waals surface area contributed by atoms with Gasteiger partial charge in [0.1, 0.15) is 5.82 Å². The number of rotatable bonds is 4. The molecule has 1 heterocycles. The number of halogens is 1. The fraction of sp³-hybridized carbons (Fsp3) is 0.250. The summed E-state index contributed by atoms with van der Waals surface area (Å²) >= 11 is 1.54. The molecule has 0 amide bonds. The SMILES string of the molecule is COC(=O)c1ccc(CSc2cc(C)cc(C)n2)cc1F. The zero-order valence-electron chi connectivity index (χ0n) is 12.1. The molecular formula is C16H16FNO2S. The summed E-state index contributed by atoms with van der Waals surface area (Å²) in [5.41, 5.74) is 2.86. The van der Waals surface area contributed by atoms with E-state index in [4.69, 9.17) is 0 Å². The Morgan fingerprint density at radius 3 is 2.67 bits per heavy atom. The molecule has 0 atom stereocenters. The van der Waals surface area contributed by atoms with Crippen LogP contribution in [-0.4, -0.2) is 18.1 Å². The first-order chi connectivity index (χ1) is 9.99. The lowest BCUT2D eigenvalue weighted by Gasteiger charge is -2.06. The van der Waals surface area contributed by atoms with Crippen molar-refractivity contribution >= 4 is 17.7 Å². The Kier molecular flexibility index (Phi) is 4.96. The average molecular weight is 305 g/mol. The van der Waals surface area contributed by atoms with Gasteiger partial charge in [-0.1, -0.05) is 6.07 Å². The first-order valence-electron chi connectivity index (χ1n) is 6.44. The summed E-state index contributed by atoms with van der Waals surface area (Å²) in [4.78, 5) is 15.7. The molecule has 21 heavy (non-hydrogen) atoms. The number of benzene rings is 1. The molecule has 5 heteroatoms. The van der Waals surface area contributed by atoms with Gasteiger partial charge < -0.3 is 4.74 Å². The number of carbonyl (C=O) groups excluding carboxylic acids is 1. The highest BCUT2D eigenvalue weighted by Crippen LogP contribution is 2.23. The molecule has 0 aliphatic carbocycles. The Morgan fingerprint density at radius 2 is 2.05 bits per heavy atom. The summed E-state index contributed by atoms with van der Waals surface area (Å²) in [6, 6.07) is 8.55. The van der Waals surface area contributed by atoms with E-state index in [9.17, 15) is 9.18 Å². The predicted molar refractivity (Wildman–Crippen MR) is 81.0 cm³/mol. The third-order valence-electron chi connectivity index (χ3n) is 2.90. The number of pyridine rings is 1. The van der Waals surface area contributed by atoms with Gasteiger partial charge in [-0.3, -0.25) is 0 Å². The largest absolute Gasteiger partial charge is 0.465 e. The smallest absolute Gasteiger partial charge is 0.340 e. The zero-order valence-corrected chi connectivity index (χ0v) is 13.0. The summed E-state index contributed by atoms with van der Waals surface area (Å²) < 4.78 is 18.3. The summed E-state index contributed by atoms with van der Waals surface area (Å²) in [5.74, 6) is -0.634. The standard InChI is InChI=1S/C16H16FNO2S/c1-10-6-11(2)18-15(7-10)21-9-12-4-5-13(14(17)8-12)16(19)20-3/h4-8H,9H2,1-3H3. The molecule has 1 aromatic carbocycles. The molecular weight excluding hydrogens is 289 g/mol. The minimum absolute atomic E-state index is 0.0456.